The maximum atomic E-state index is 8.45. The number of hydroxylamine groups is 1. The van der Waals surface area contributed by atoms with E-state index in [9.17, 15) is 0 Å². The molecule has 0 saturated heterocycles. The van der Waals surface area contributed by atoms with Crippen LogP contribution in [0.25, 0.3) is 5.69 Å². The van der Waals surface area contributed by atoms with Crippen molar-refractivity contribution in [1.82, 2.24) is 10.0 Å². The lowest BCUT2D eigenvalue weighted by atomic mass is 10.3. The molecule has 0 aliphatic rings. The highest BCUT2D eigenvalue weighted by Crippen LogP contribution is 2.15. The van der Waals surface area contributed by atoms with Crippen molar-refractivity contribution in [3.05, 3.63) is 53.3 Å². The highest BCUT2D eigenvalue weighted by Gasteiger charge is 2.00. The van der Waals surface area contributed by atoms with Crippen LogP contribution in [0.1, 0.15) is 5.69 Å². The predicted molar refractivity (Wildman–Crippen MR) is 74.9 cm³/mol. The lowest BCUT2D eigenvalue weighted by molar-refractivity contribution is 0.232. The average molecular weight is 278 g/mol. The quantitative estimate of drug-likeness (QED) is 0.454. The summed E-state index contributed by atoms with van der Waals surface area (Å²) >= 11 is 5.85. The van der Waals surface area contributed by atoms with Gasteiger partial charge in [0.15, 0.2) is 0 Å². The molecule has 0 spiro atoms. The third kappa shape index (κ3) is 3.34. The molecule has 7 heteroatoms. The number of hydrogen-bond acceptors (Lipinski definition) is 3. The summed E-state index contributed by atoms with van der Waals surface area (Å²) in [4.78, 5) is 0. The highest BCUT2D eigenvalue weighted by atomic mass is 35.5. The molecule has 2 aromatic rings. The number of benzene rings is 1. The number of halogens is 1. The standard InChI is InChI=1S/C12H12ClN5O/c13-9-3-5-10(6-4-9)18-7-1-2-11(18)8-15-16-12(14)17-19/h1-8,19H,(H3,14,16,17). The normalized spacial score (nSPS) is 12.0. The van der Waals surface area contributed by atoms with Crippen molar-refractivity contribution in [2.75, 3.05) is 0 Å². The Morgan fingerprint density at radius 1 is 1.32 bits per heavy atom. The molecule has 1 heterocycles. The Morgan fingerprint density at radius 3 is 2.74 bits per heavy atom. The summed E-state index contributed by atoms with van der Waals surface area (Å²) in [7, 11) is 0. The lowest BCUT2D eigenvalue weighted by Crippen LogP contribution is -2.27. The van der Waals surface area contributed by atoms with Gasteiger partial charge in [0, 0.05) is 16.9 Å². The zero-order chi connectivity index (χ0) is 13.7. The smallest absolute Gasteiger partial charge is 0.237 e. The van der Waals surface area contributed by atoms with Crippen LogP contribution in [0.4, 0.5) is 0 Å². The van der Waals surface area contributed by atoms with E-state index in [2.05, 4.69) is 10.2 Å². The van der Waals surface area contributed by atoms with Gasteiger partial charge < -0.3 is 10.3 Å². The summed E-state index contributed by atoms with van der Waals surface area (Å²) in [6.07, 6.45) is 3.42. The van der Waals surface area contributed by atoms with Crippen molar-refractivity contribution in [2.24, 2.45) is 15.9 Å². The van der Waals surface area contributed by atoms with Crippen molar-refractivity contribution in [1.29, 1.82) is 0 Å². The molecule has 0 atom stereocenters. The molecular weight excluding hydrogens is 266 g/mol. The van der Waals surface area contributed by atoms with E-state index in [1.807, 2.05) is 47.2 Å². The molecule has 4 N–H and O–H groups in total. The van der Waals surface area contributed by atoms with Crippen LogP contribution >= 0.6 is 11.6 Å². The van der Waals surface area contributed by atoms with Crippen molar-refractivity contribution in [3.8, 4) is 5.69 Å². The first-order valence-electron chi connectivity index (χ1n) is 5.40. The minimum absolute atomic E-state index is 0.180. The van der Waals surface area contributed by atoms with Crippen LogP contribution < -0.4 is 11.2 Å². The molecule has 0 amide bonds. The number of guanidine groups is 1. The van der Waals surface area contributed by atoms with E-state index in [0.717, 1.165) is 11.4 Å². The van der Waals surface area contributed by atoms with Crippen LogP contribution in [0.5, 0.6) is 0 Å². The fourth-order valence-electron chi connectivity index (χ4n) is 1.51. The lowest BCUT2D eigenvalue weighted by Gasteiger charge is -2.05. The van der Waals surface area contributed by atoms with E-state index in [4.69, 9.17) is 22.5 Å². The SMILES string of the molecule is NC(=NN=Cc1cccn1-c1ccc(Cl)cc1)NO. The van der Waals surface area contributed by atoms with Crippen LogP contribution in [0.2, 0.25) is 5.02 Å². The summed E-state index contributed by atoms with van der Waals surface area (Å²) in [5, 5.41) is 16.4. The molecule has 2 rings (SSSR count). The van der Waals surface area contributed by atoms with Gasteiger partial charge in [0.25, 0.3) is 0 Å². The van der Waals surface area contributed by atoms with Gasteiger partial charge in [0.05, 0.1) is 11.9 Å². The second-order valence-electron chi connectivity index (χ2n) is 3.62. The zero-order valence-electron chi connectivity index (χ0n) is 9.86. The molecule has 1 aromatic carbocycles. The van der Waals surface area contributed by atoms with Crippen molar-refractivity contribution in [3.63, 3.8) is 0 Å². The van der Waals surface area contributed by atoms with E-state index in [1.165, 1.54) is 6.21 Å². The fourth-order valence-corrected chi connectivity index (χ4v) is 1.63. The molecule has 0 radical (unpaired) electrons. The van der Waals surface area contributed by atoms with Crippen LogP contribution in [0, 0.1) is 0 Å². The molecular formula is C12H12ClN5O. The molecule has 0 saturated carbocycles. The average Bonchev–Trinajstić information content (AvgIpc) is 2.88. The highest BCUT2D eigenvalue weighted by molar-refractivity contribution is 6.30. The Hall–Kier alpha value is -2.31. The molecule has 1 aromatic heterocycles. The number of nitrogens with zero attached hydrogens (tertiary/aromatic N) is 3. The number of rotatable bonds is 3. The molecule has 6 nitrogen and oxygen atoms in total. The molecule has 0 bridgehead atoms. The molecule has 0 aliphatic heterocycles. The van der Waals surface area contributed by atoms with Crippen LogP contribution in [0.15, 0.2) is 52.8 Å². The molecule has 0 fully saturated rings. The first-order valence-corrected chi connectivity index (χ1v) is 5.78. The van der Waals surface area contributed by atoms with Crippen LogP contribution in [0.3, 0.4) is 0 Å². The number of hydrogen-bond donors (Lipinski definition) is 3. The van der Waals surface area contributed by atoms with E-state index in [0.29, 0.717) is 5.02 Å². The largest absolute Gasteiger partial charge is 0.367 e. The van der Waals surface area contributed by atoms with Crippen LogP contribution in [-0.2, 0) is 0 Å². The van der Waals surface area contributed by atoms with Gasteiger partial charge in [-0.25, -0.2) is 5.48 Å². The Kier molecular flexibility index (Phi) is 4.17. The second-order valence-corrected chi connectivity index (χ2v) is 4.06. The second kappa shape index (κ2) is 6.03. The van der Waals surface area contributed by atoms with Gasteiger partial charge in [-0.05, 0) is 36.4 Å². The van der Waals surface area contributed by atoms with Crippen molar-refractivity contribution in [2.45, 2.75) is 0 Å². The van der Waals surface area contributed by atoms with E-state index in [1.54, 1.807) is 5.48 Å². The summed E-state index contributed by atoms with van der Waals surface area (Å²) in [5.41, 5.74) is 8.69. The molecule has 98 valence electrons. The topological polar surface area (TPSA) is 87.9 Å². The van der Waals surface area contributed by atoms with E-state index in [-0.39, 0.29) is 5.96 Å². The number of nitrogens with one attached hydrogen (secondary N) is 1. The molecule has 0 unspecified atom stereocenters. The van der Waals surface area contributed by atoms with Crippen molar-refractivity contribution >= 4 is 23.8 Å². The Balaban J connectivity index is 2.25. The maximum Gasteiger partial charge on any atom is 0.237 e. The van der Waals surface area contributed by atoms with Gasteiger partial charge in [-0.3, -0.25) is 5.21 Å². The molecule has 19 heavy (non-hydrogen) atoms. The van der Waals surface area contributed by atoms with Crippen LogP contribution in [-0.4, -0.2) is 21.9 Å². The van der Waals surface area contributed by atoms with Gasteiger partial charge in [0.2, 0.25) is 5.96 Å². The summed E-state index contributed by atoms with van der Waals surface area (Å²) in [5.74, 6) is -0.180. The summed E-state index contributed by atoms with van der Waals surface area (Å²) in [6.45, 7) is 0. The minimum Gasteiger partial charge on any atom is -0.367 e. The predicted octanol–water partition coefficient (Wildman–Crippen LogP) is 1.76. The maximum absolute atomic E-state index is 8.45. The van der Waals surface area contributed by atoms with Gasteiger partial charge in [0.1, 0.15) is 0 Å². The van der Waals surface area contributed by atoms with Gasteiger partial charge in [-0.1, -0.05) is 11.6 Å². The first kappa shape index (κ1) is 13.1. The number of aromatic nitrogens is 1. The van der Waals surface area contributed by atoms with Crippen molar-refractivity contribution < 1.29 is 5.21 Å². The Morgan fingerprint density at radius 2 is 2.05 bits per heavy atom. The number of nitrogens with two attached hydrogens (primary N) is 1. The molecule has 0 aliphatic carbocycles. The van der Waals surface area contributed by atoms with E-state index >= 15 is 0 Å². The summed E-state index contributed by atoms with van der Waals surface area (Å²) in [6, 6.07) is 11.2. The Bertz CT molecular complexity index is 603. The third-order valence-electron chi connectivity index (χ3n) is 2.36. The van der Waals surface area contributed by atoms with Gasteiger partial charge in [-0.2, -0.15) is 5.10 Å². The first-order chi connectivity index (χ1) is 9.20. The van der Waals surface area contributed by atoms with E-state index < -0.39 is 0 Å². The zero-order valence-corrected chi connectivity index (χ0v) is 10.6. The van der Waals surface area contributed by atoms with Gasteiger partial charge >= 0.3 is 0 Å². The fraction of sp³-hybridized carbons (Fsp3) is 0. The third-order valence-corrected chi connectivity index (χ3v) is 2.61. The monoisotopic (exact) mass is 277 g/mol. The van der Waals surface area contributed by atoms with Gasteiger partial charge in [-0.15, -0.1) is 5.10 Å². The minimum atomic E-state index is -0.180. The summed E-state index contributed by atoms with van der Waals surface area (Å²) < 4.78 is 1.91. The Labute approximate surface area is 114 Å².